The Morgan fingerprint density at radius 3 is 1.87 bits per heavy atom. The number of carbonyl (C=O) groups is 7. The molecule has 1 aliphatic rings. The first-order valence-corrected chi connectivity index (χ1v) is 12.0. The van der Waals surface area contributed by atoms with Gasteiger partial charge in [0.1, 0.15) is 23.6 Å². The molecule has 0 unspecified atom stereocenters. The molecule has 0 spiro atoms. The zero-order chi connectivity index (χ0) is 29.4. The van der Waals surface area contributed by atoms with Crippen molar-refractivity contribution in [3.8, 4) is 0 Å². The van der Waals surface area contributed by atoms with Crippen LogP contribution in [0.3, 0.4) is 0 Å². The summed E-state index contributed by atoms with van der Waals surface area (Å²) in [6, 6.07) is -1.42. The predicted molar refractivity (Wildman–Crippen MR) is 125 cm³/mol. The number of rotatable bonds is 10. The number of hydrogen-bond acceptors (Lipinski definition) is 14. The molecule has 1 N–H and O–H groups in total. The van der Waals surface area contributed by atoms with Crippen LogP contribution in [-0.2, 0) is 66.7 Å². The van der Waals surface area contributed by atoms with E-state index in [1.807, 2.05) is 0 Å². The Labute approximate surface area is 226 Å². The Morgan fingerprint density at radius 2 is 1.45 bits per heavy atom. The van der Waals surface area contributed by atoms with Crippen LogP contribution in [0.25, 0.3) is 0 Å². The van der Waals surface area contributed by atoms with Gasteiger partial charge >= 0.3 is 41.6 Å². The SMILES string of the molecule is COC(=O)[C@@]1(OC(C)=O)O[C@@H]([C@H](OC(C)=O)[C@@H](COC(C)=O)OC(C)=O)[C@H](NC(C)=O)[C@@H](OC(C)=O)[C@H]1Br. The van der Waals surface area contributed by atoms with Gasteiger partial charge in [0, 0.05) is 41.5 Å². The third-order valence-corrected chi connectivity index (χ3v) is 5.99. The summed E-state index contributed by atoms with van der Waals surface area (Å²) in [7, 11) is 0.957. The molecule has 1 heterocycles. The molecule has 0 aromatic rings. The fourth-order valence-electron chi connectivity index (χ4n) is 3.71. The normalized spacial score (nSPS) is 26.0. The minimum atomic E-state index is -2.67. The summed E-state index contributed by atoms with van der Waals surface area (Å²) in [6.45, 7) is 5.53. The number of carbonyl (C=O) groups excluding carboxylic acids is 7. The van der Waals surface area contributed by atoms with Gasteiger partial charge < -0.3 is 38.5 Å². The van der Waals surface area contributed by atoms with Crippen LogP contribution in [-0.4, -0.2) is 96.5 Å². The number of amides is 1. The number of halogens is 1. The van der Waals surface area contributed by atoms with Crippen molar-refractivity contribution in [1.82, 2.24) is 5.32 Å². The van der Waals surface area contributed by atoms with Crippen LogP contribution in [0.1, 0.15) is 41.5 Å². The topological polar surface area (TPSA) is 196 Å². The van der Waals surface area contributed by atoms with Gasteiger partial charge in [0.05, 0.1) is 13.2 Å². The predicted octanol–water partition coefficient (Wildman–Crippen LogP) is -0.556. The van der Waals surface area contributed by atoms with Crippen LogP contribution in [0, 0.1) is 0 Å². The zero-order valence-corrected chi connectivity index (χ0v) is 23.4. The van der Waals surface area contributed by atoms with Crippen LogP contribution in [0.2, 0.25) is 0 Å². The highest BCUT2D eigenvalue weighted by atomic mass is 79.9. The van der Waals surface area contributed by atoms with E-state index in [1.54, 1.807) is 0 Å². The molecule has 1 rings (SSSR count). The Bertz CT molecular complexity index is 954. The Morgan fingerprint density at radius 1 is 0.868 bits per heavy atom. The molecule has 0 aromatic heterocycles. The van der Waals surface area contributed by atoms with Crippen LogP contribution >= 0.6 is 15.9 Å². The van der Waals surface area contributed by atoms with Gasteiger partial charge in [-0.2, -0.15) is 0 Å². The lowest BCUT2D eigenvalue weighted by Gasteiger charge is -2.50. The van der Waals surface area contributed by atoms with E-state index >= 15 is 0 Å². The Balaban J connectivity index is 3.93. The van der Waals surface area contributed by atoms with Crippen molar-refractivity contribution in [1.29, 1.82) is 0 Å². The third kappa shape index (κ3) is 8.65. The largest absolute Gasteiger partial charge is 0.464 e. The lowest BCUT2D eigenvalue weighted by molar-refractivity contribution is -0.299. The number of alkyl halides is 1. The van der Waals surface area contributed by atoms with E-state index in [1.165, 1.54) is 0 Å². The van der Waals surface area contributed by atoms with E-state index < -0.39 is 89.4 Å². The Kier molecular flexibility index (Phi) is 12.1. The minimum Gasteiger partial charge on any atom is -0.464 e. The van der Waals surface area contributed by atoms with E-state index in [4.69, 9.17) is 33.2 Å². The molecule has 0 saturated carbocycles. The zero-order valence-electron chi connectivity index (χ0n) is 21.8. The fraction of sp³-hybridized carbons (Fsp3) is 0.682. The van der Waals surface area contributed by atoms with Crippen LogP contribution in [0.4, 0.5) is 0 Å². The van der Waals surface area contributed by atoms with Gasteiger partial charge in [0.25, 0.3) is 0 Å². The van der Waals surface area contributed by atoms with Gasteiger partial charge in [-0.1, -0.05) is 15.9 Å². The van der Waals surface area contributed by atoms with E-state index in [9.17, 15) is 33.6 Å². The second-order valence-corrected chi connectivity index (χ2v) is 9.05. The first kappa shape index (κ1) is 32.8. The smallest absolute Gasteiger partial charge is 0.380 e. The first-order valence-electron chi connectivity index (χ1n) is 11.1. The van der Waals surface area contributed by atoms with Crippen molar-refractivity contribution in [2.45, 2.75) is 82.6 Å². The molecular formula is C22H30BrNO14. The lowest BCUT2D eigenvalue weighted by Crippen LogP contribution is -2.74. The molecule has 1 aliphatic heterocycles. The summed E-state index contributed by atoms with van der Waals surface area (Å²) in [4.78, 5) is 83.3. The molecule has 214 valence electrons. The van der Waals surface area contributed by atoms with Gasteiger partial charge in [-0.3, -0.25) is 28.8 Å². The number of nitrogens with one attached hydrogen (secondary N) is 1. The highest BCUT2D eigenvalue weighted by molar-refractivity contribution is 9.09. The average molecular weight is 612 g/mol. The summed E-state index contributed by atoms with van der Waals surface area (Å²) in [5, 5.41) is 2.49. The molecule has 1 amide bonds. The van der Waals surface area contributed by atoms with Crippen LogP contribution in [0.5, 0.6) is 0 Å². The number of esters is 6. The summed E-state index contributed by atoms with van der Waals surface area (Å²) >= 11 is 3.17. The highest BCUT2D eigenvalue weighted by Crippen LogP contribution is 2.41. The van der Waals surface area contributed by atoms with E-state index in [0.717, 1.165) is 48.7 Å². The molecule has 0 bridgehead atoms. The average Bonchev–Trinajstić information content (AvgIpc) is 2.77. The molecule has 1 fully saturated rings. The summed E-state index contributed by atoms with van der Waals surface area (Å²) in [6.07, 6.45) is -6.57. The monoisotopic (exact) mass is 611 g/mol. The second kappa shape index (κ2) is 14.0. The first-order chi connectivity index (χ1) is 17.5. The standard InChI is InChI=1S/C22H30BrNO14/c1-9(25)24-16-18(17(35-12(4)28)15(34-11(3)27)8-33-10(2)26)38-22(21(31)32-7,37-14(6)30)20(23)19(16)36-13(5)29/h15-20H,8H2,1-7H3,(H,24,25)/t15-,16+,17-,18-,19-,20-,22+/m1/s1. The molecule has 1 saturated heterocycles. The van der Waals surface area contributed by atoms with E-state index in [-0.39, 0.29) is 0 Å². The molecule has 0 aliphatic carbocycles. The van der Waals surface area contributed by atoms with E-state index in [2.05, 4.69) is 21.2 Å². The third-order valence-electron chi connectivity index (χ3n) is 4.87. The maximum atomic E-state index is 13.0. The maximum absolute atomic E-state index is 13.0. The van der Waals surface area contributed by atoms with Crippen molar-refractivity contribution in [3.63, 3.8) is 0 Å². The minimum absolute atomic E-state index is 0.658. The molecular weight excluding hydrogens is 582 g/mol. The number of ether oxygens (including phenoxy) is 7. The van der Waals surface area contributed by atoms with Crippen LogP contribution < -0.4 is 5.32 Å². The Hall–Kier alpha value is -3.27. The van der Waals surface area contributed by atoms with Gasteiger partial charge in [-0.15, -0.1) is 0 Å². The van der Waals surface area contributed by atoms with Gasteiger partial charge in [0.15, 0.2) is 12.2 Å². The number of methoxy groups -OCH3 is 1. The fourth-order valence-corrected chi connectivity index (χ4v) is 4.54. The van der Waals surface area contributed by atoms with Crippen molar-refractivity contribution in [2.24, 2.45) is 0 Å². The van der Waals surface area contributed by atoms with Crippen molar-refractivity contribution in [3.05, 3.63) is 0 Å². The molecule has 0 aromatic carbocycles. The van der Waals surface area contributed by atoms with Gasteiger partial charge in [-0.25, -0.2) is 4.79 Å². The van der Waals surface area contributed by atoms with Crippen molar-refractivity contribution < 1.29 is 66.7 Å². The molecule has 15 nitrogen and oxygen atoms in total. The van der Waals surface area contributed by atoms with E-state index in [0.29, 0.717) is 0 Å². The summed E-state index contributed by atoms with van der Waals surface area (Å²) < 4.78 is 36.9. The second-order valence-electron chi connectivity index (χ2n) is 8.06. The summed E-state index contributed by atoms with van der Waals surface area (Å²) in [5.41, 5.74) is 0. The van der Waals surface area contributed by atoms with Crippen molar-refractivity contribution >= 4 is 57.7 Å². The number of hydrogen-bond donors (Lipinski definition) is 1. The maximum Gasteiger partial charge on any atom is 0.380 e. The lowest BCUT2D eigenvalue weighted by atomic mass is 9.87. The quantitative estimate of drug-likeness (QED) is 0.187. The summed E-state index contributed by atoms with van der Waals surface area (Å²) in [5.74, 6) is -9.14. The molecule has 0 radical (unpaired) electrons. The van der Waals surface area contributed by atoms with Gasteiger partial charge in [-0.05, 0) is 0 Å². The van der Waals surface area contributed by atoms with Crippen molar-refractivity contribution in [2.75, 3.05) is 13.7 Å². The highest BCUT2D eigenvalue weighted by Gasteiger charge is 2.65. The molecule has 16 heteroatoms. The van der Waals surface area contributed by atoms with Crippen LogP contribution in [0.15, 0.2) is 0 Å². The molecule has 7 atom stereocenters. The molecule has 38 heavy (non-hydrogen) atoms. The van der Waals surface area contributed by atoms with Gasteiger partial charge in [0.2, 0.25) is 5.91 Å².